The van der Waals surface area contributed by atoms with Crippen LogP contribution in [0.1, 0.15) is 0 Å². The molecule has 0 radical (unpaired) electrons. The van der Waals surface area contributed by atoms with Crippen LogP contribution in [0.4, 0.5) is 0 Å². The number of hydrogen-bond donors (Lipinski definition) is 0. The van der Waals surface area contributed by atoms with Gasteiger partial charge in [0.2, 0.25) is 5.91 Å². The van der Waals surface area contributed by atoms with Crippen molar-refractivity contribution in [2.75, 3.05) is 38.9 Å². The Bertz CT molecular complexity index is 540. The molecule has 1 aliphatic heterocycles. The maximum Gasteiger partial charge on any atom is 0.238 e. The molecule has 8 heteroatoms. The molecule has 0 spiro atoms. The molecule has 1 aromatic rings. The Kier molecular flexibility index (Phi) is 6.53. The van der Waals surface area contributed by atoms with E-state index < -0.39 is 11.1 Å². The second-order valence-corrected chi connectivity index (χ2v) is 7.00. The first kappa shape index (κ1) is 17.1. The van der Waals surface area contributed by atoms with Crippen molar-refractivity contribution < 1.29 is 22.7 Å². The lowest BCUT2D eigenvalue weighted by Gasteiger charge is -2.23. The second-order valence-electron chi connectivity index (χ2n) is 4.49. The van der Waals surface area contributed by atoms with E-state index in [0.717, 1.165) is 5.75 Å². The first-order valence-electron chi connectivity index (χ1n) is 6.75. The van der Waals surface area contributed by atoms with Gasteiger partial charge in [-0.2, -0.15) is 0 Å². The number of para-hydroxylation sites is 2. The summed E-state index contributed by atoms with van der Waals surface area (Å²) >= 11 is 0.0714. The molecule has 22 heavy (non-hydrogen) atoms. The van der Waals surface area contributed by atoms with Gasteiger partial charge >= 0.3 is 0 Å². The lowest BCUT2D eigenvalue weighted by atomic mass is 10.3. The van der Waals surface area contributed by atoms with Crippen LogP contribution in [0.2, 0.25) is 0 Å². The normalized spacial score (nSPS) is 19.0. The summed E-state index contributed by atoms with van der Waals surface area (Å²) in [7, 11) is 2.91. The molecule has 1 amide bonds. The van der Waals surface area contributed by atoms with E-state index in [0.29, 0.717) is 24.7 Å². The van der Waals surface area contributed by atoms with Crippen LogP contribution in [0.3, 0.4) is 0 Å². The first-order valence-corrected chi connectivity index (χ1v) is 9.04. The molecule has 6 nitrogen and oxygen atoms in total. The number of amides is 1. The van der Waals surface area contributed by atoms with Crippen LogP contribution in [-0.4, -0.2) is 59.3 Å². The van der Waals surface area contributed by atoms with Crippen molar-refractivity contribution in [3.05, 3.63) is 24.3 Å². The Morgan fingerprint density at radius 3 is 2.77 bits per heavy atom. The second kappa shape index (κ2) is 8.40. The molecule has 0 aliphatic carbocycles. The molecule has 0 bridgehead atoms. The van der Waals surface area contributed by atoms with Gasteiger partial charge in [0, 0.05) is 12.3 Å². The number of methoxy groups -OCH3 is 1. The number of carbonyl (C=O) groups is 1. The average Bonchev–Trinajstić information content (AvgIpc) is 3.01. The van der Waals surface area contributed by atoms with Crippen molar-refractivity contribution in [1.82, 2.24) is 4.90 Å². The minimum absolute atomic E-state index is 0.0914. The molecular formula is C14H19NO5S2. The molecule has 2 atom stereocenters. The van der Waals surface area contributed by atoms with Crippen molar-refractivity contribution in [2.45, 2.75) is 5.37 Å². The van der Waals surface area contributed by atoms with Crippen molar-refractivity contribution in [3.8, 4) is 11.5 Å². The highest BCUT2D eigenvalue weighted by Gasteiger charge is 2.30. The predicted octanol–water partition coefficient (Wildman–Crippen LogP) is 1.29. The lowest BCUT2D eigenvalue weighted by Crippen LogP contribution is -2.40. The van der Waals surface area contributed by atoms with Gasteiger partial charge in [-0.1, -0.05) is 12.1 Å². The monoisotopic (exact) mass is 345 g/mol. The zero-order chi connectivity index (χ0) is 15.9. The highest BCUT2D eigenvalue weighted by molar-refractivity contribution is 8.00. The summed E-state index contributed by atoms with van der Waals surface area (Å²) in [6.07, 6.45) is 0. The summed E-state index contributed by atoms with van der Waals surface area (Å²) < 4.78 is 27.0. The summed E-state index contributed by atoms with van der Waals surface area (Å²) in [4.78, 5) is 13.8. The van der Waals surface area contributed by atoms with E-state index in [4.69, 9.17) is 9.47 Å². The molecule has 122 valence electrons. The molecular weight excluding hydrogens is 326 g/mol. The number of nitrogens with zero attached hydrogens (tertiary/aromatic N) is 1. The van der Waals surface area contributed by atoms with Crippen molar-refractivity contribution in [3.63, 3.8) is 0 Å². The largest absolute Gasteiger partial charge is 0.493 e. The van der Waals surface area contributed by atoms with Gasteiger partial charge in [0.15, 0.2) is 22.6 Å². The third-order valence-electron chi connectivity index (χ3n) is 3.19. The number of benzene rings is 1. The standard InChI is InChI=1S/C14H19NO5S2/c1-18-11-5-3-4-6-12(11)20-9-14-15(7-8-21-14)13(16)10-22(17)19-2/h3-6,14H,7-10H2,1-2H3/t14-,22-/m0/s1. The van der Waals surface area contributed by atoms with Gasteiger partial charge in [-0.25, -0.2) is 4.21 Å². The Hall–Kier alpha value is -1.25. The van der Waals surface area contributed by atoms with Gasteiger partial charge in [0.25, 0.3) is 0 Å². The zero-order valence-corrected chi connectivity index (χ0v) is 14.2. The van der Waals surface area contributed by atoms with Crippen LogP contribution in [-0.2, 0) is 20.1 Å². The fourth-order valence-electron chi connectivity index (χ4n) is 2.09. The van der Waals surface area contributed by atoms with E-state index in [-0.39, 0.29) is 17.0 Å². The van der Waals surface area contributed by atoms with Gasteiger partial charge in [0.1, 0.15) is 17.7 Å². The number of hydrogen-bond acceptors (Lipinski definition) is 6. The summed E-state index contributed by atoms with van der Waals surface area (Å²) in [5.74, 6) is 1.83. The average molecular weight is 345 g/mol. The molecule has 2 rings (SSSR count). The van der Waals surface area contributed by atoms with E-state index in [1.807, 2.05) is 24.3 Å². The highest BCUT2D eigenvalue weighted by atomic mass is 32.2. The summed E-state index contributed by atoms with van der Waals surface area (Å²) in [6.45, 7) is 0.987. The molecule has 1 fully saturated rings. The van der Waals surface area contributed by atoms with E-state index >= 15 is 0 Å². The minimum atomic E-state index is -1.57. The van der Waals surface area contributed by atoms with Gasteiger partial charge in [-0.15, -0.1) is 11.8 Å². The molecule has 0 unspecified atom stereocenters. The number of rotatable bonds is 7. The van der Waals surface area contributed by atoms with Crippen molar-refractivity contribution in [2.24, 2.45) is 0 Å². The topological polar surface area (TPSA) is 65.1 Å². The predicted molar refractivity (Wildman–Crippen MR) is 86.5 cm³/mol. The Labute approximate surface area is 136 Å². The van der Waals surface area contributed by atoms with Crippen molar-refractivity contribution in [1.29, 1.82) is 0 Å². The van der Waals surface area contributed by atoms with E-state index in [2.05, 4.69) is 4.18 Å². The fraction of sp³-hybridized carbons (Fsp3) is 0.500. The van der Waals surface area contributed by atoms with Crippen LogP contribution in [0, 0.1) is 0 Å². The Balaban J connectivity index is 1.94. The van der Waals surface area contributed by atoms with E-state index in [1.165, 1.54) is 7.11 Å². The van der Waals surface area contributed by atoms with Crippen LogP contribution in [0.25, 0.3) is 0 Å². The maximum absolute atomic E-state index is 12.1. The maximum atomic E-state index is 12.1. The zero-order valence-electron chi connectivity index (χ0n) is 12.5. The summed E-state index contributed by atoms with van der Waals surface area (Å²) in [5, 5.41) is -0.0914. The molecule has 1 heterocycles. The Morgan fingerprint density at radius 1 is 1.36 bits per heavy atom. The smallest absolute Gasteiger partial charge is 0.238 e. The number of thioether (sulfide) groups is 1. The molecule has 0 saturated carbocycles. The van der Waals surface area contributed by atoms with Gasteiger partial charge in [-0.05, 0) is 12.1 Å². The highest BCUT2D eigenvalue weighted by Crippen LogP contribution is 2.29. The third-order valence-corrected chi connectivity index (χ3v) is 5.24. The lowest BCUT2D eigenvalue weighted by molar-refractivity contribution is -0.128. The first-order chi connectivity index (χ1) is 10.7. The van der Waals surface area contributed by atoms with Gasteiger partial charge in [0.05, 0.1) is 14.2 Å². The van der Waals surface area contributed by atoms with E-state index in [9.17, 15) is 9.00 Å². The molecule has 0 N–H and O–H groups in total. The molecule has 1 aromatic carbocycles. The number of carbonyl (C=O) groups excluding carboxylic acids is 1. The molecule has 0 aromatic heterocycles. The van der Waals surface area contributed by atoms with Crippen LogP contribution < -0.4 is 9.47 Å². The third kappa shape index (κ3) is 4.37. The minimum Gasteiger partial charge on any atom is -0.493 e. The van der Waals surface area contributed by atoms with Crippen LogP contribution in [0.5, 0.6) is 11.5 Å². The summed E-state index contributed by atoms with van der Waals surface area (Å²) in [6, 6.07) is 7.38. The summed E-state index contributed by atoms with van der Waals surface area (Å²) in [5.41, 5.74) is 0. The molecule has 1 saturated heterocycles. The SMILES string of the molecule is COc1ccccc1OC[C@@H]1SCCN1C(=O)C[S@@](=O)OC. The number of ether oxygens (including phenoxy) is 2. The quantitative estimate of drug-likeness (QED) is 0.742. The van der Waals surface area contributed by atoms with Crippen LogP contribution in [0.15, 0.2) is 24.3 Å². The Morgan fingerprint density at radius 2 is 2.09 bits per heavy atom. The van der Waals surface area contributed by atoms with E-state index in [1.54, 1.807) is 23.8 Å². The van der Waals surface area contributed by atoms with Gasteiger partial charge < -0.3 is 14.4 Å². The fourth-order valence-corrected chi connectivity index (χ4v) is 3.71. The van der Waals surface area contributed by atoms with Crippen molar-refractivity contribution >= 4 is 28.7 Å². The molecule has 1 aliphatic rings. The van der Waals surface area contributed by atoms with Crippen LogP contribution >= 0.6 is 11.8 Å². The van der Waals surface area contributed by atoms with Gasteiger partial charge in [-0.3, -0.25) is 8.98 Å².